The van der Waals surface area contributed by atoms with Gasteiger partial charge in [0.2, 0.25) is 0 Å². The Kier molecular flexibility index (Phi) is 4.20. The number of rotatable bonds is 4. The third-order valence-corrected chi connectivity index (χ3v) is 4.11. The first-order chi connectivity index (χ1) is 10.3. The predicted molar refractivity (Wildman–Crippen MR) is 84.9 cm³/mol. The minimum absolute atomic E-state index is 0.121. The van der Waals surface area contributed by atoms with E-state index in [-0.39, 0.29) is 5.82 Å². The molecule has 0 aliphatic carbocycles. The Morgan fingerprint density at radius 2 is 1.90 bits per heavy atom. The molecule has 0 saturated carbocycles. The molecule has 1 aliphatic rings. The SMILES string of the molecule is CCNC1CCN(Cc2ccccc2F)c2ccccc21. The van der Waals surface area contributed by atoms with Gasteiger partial charge in [0.05, 0.1) is 0 Å². The Hall–Kier alpha value is -1.87. The van der Waals surface area contributed by atoms with Crippen LogP contribution in [0, 0.1) is 5.82 Å². The van der Waals surface area contributed by atoms with Crippen molar-refractivity contribution in [3.8, 4) is 0 Å². The van der Waals surface area contributed by atoms with Crippen LogP contribution in [0.4, 0.5) is 10.1 Å². The van der Waals surface area contributed by atoms with E-state index in [0.29, 0.717) is 12.6 Å². The fourth-order valence-corrected chi connectivity index (χ4v) is 3.09. The fourth-order valence-electron chi connectivity index (χ4n) is 3.09. The number of benzene rings is 2. The highest BCUT2D eigenvalue weighted by atomic mass is 19.1. The first-order valence-electron chi connectivity index (χ1n) is 7.60. The average Bonchev–Trinajstić information content (AvgIpc) is 2.52. The summed E-state index contributed by atoms with van der Waals surface area (Å²) in [7, 11) is 0. The first-order valence-corrected chi connectivity index (χ1v) is 7.60. The zero-order valence-corrected chi connectivity index (χ0v) is 12.3. The molecule has 0 fully saturated rings. The number of hydrogen-bond donors (Lipinski definition) is 1. The summed E-state index contributed by atoms with van der Waals surface area (Å²) in [5.41, 5.74) is 3.30. The van der Waals surface area contributed by atoms with Crippen molar-refractivity contribution in [1.29, 1.82) is 0 Å². The zero-order valence-electron chi connectivity index (χ0n) is 12.3. The highest BCUT2D eigenvalue weighted by Gasteiger charge is 2.24. The van der Waals surface area contributed by atoms with Crippen molar-refractivity contribution >= 4 is 5.69 Å². The summed E-state index contributed by atoms with van der Waals surface area (Å²) in [5, 5.41) is 3.54. The van der Waals surface area contributed by atoms with Crippen LogP contribution >= 0.6 is 0 Å². The molecule has 2 nitrogen and oxygen atoms in total. The van der Waals surface area contributed by atoms with E-state index < -0.39 is 0 Å². The fraction of sp³-hybridized carbons (Fsp3) is 0.333. The second-order valence-corrected chi connectivity index (χ2v) is 5.47. The molecular weight excluding hydrogens is 263 g/mol. The lowest BCUT2D eigenvalue weighted by Gasteiger charge is -2.36. The summed E-state index contributed by atoms with van der Waals surface area (Å²) in [6.07, 6.45) is 1.05. The Morgan fingerprint density at radius 1 is 1.14 bits per heavy atom. The molecule has 3 heteroatoms. The maximum Gasteiger partial charge on any atom is 0.128 e. The number of para-hydroxylation sites is 1. The number of fused-ring (bicyclic) bond motifs is 1. The van der Waals surface area contributed by atoms with Gasteiger partial charge >= 0.3 is 0 Å². The van der Waals surface area contributed by atoms with Gasteiger partial charge in [-0.3, -0.25) is 0 Å². The molecule has 0 spiro atoms. The van der Waals surface area contributed by atoms with Crippen molar-refractivity contribution in [2.24, 2.45) is 0 Å². The minimum atomic E-state index is -0.121. The molecule has 2 aromatic rings. The van der Waals surface area contributed by atoms with E-state index in [4.69, 9.17) is 0 Å². The zero-order chi connectivity index (χ0) is 14.7. The second-order valence-electron chi connectivity index (χ2n) is 5.47. The van der Waals surface area contributed by atoms with E-state index in [1.165, 1.54) is 17.3 Å². The van der Waals surface area contributed by atoms with Gasteiger partial charge in [-0.05, 0) is 30.7 Å². The van der Waals surface area contributed by atoms with Crippen molar-refractivity contribution in [1.82, 2.24) is 5.32 Å². The van der Waals surface area contributed by atoms with E-state index in [1.54, 1.807) is 6.07 Å². The van der Waals surface area contributed by atoms with Crippen molar-refractivity contribution in [3.63, 3.8) is 0 Å². The van der Waals surface area contributed by atoms with Gasteiger partial charge in [0.15, 0.2) is 0 Å². The van der Waals surface area contributed by atoms with Crippen LogP contribution in [0.3, 0.4) is 0 Å². The van der Waals surface area contributed by atoms with Crippen LogP contribution in [0.25, 0.3) is 0 Å². The molecule has 1 aliphatic heterocycles. The van der Waals surface area contributed by atoms with Gasteiger partial charge in [0.1, 0.15) is 5.82 Å². The highest BCUT2D eigenvalue weighted by molar-refractivity contribution is 5.57. The monoisotopic (exact) mass is 284 g/mol. The highest BCUT2D eigenvalue weighted by Crippen LogP contribution is 2.34. The van der Waals surface area contributed by atoms with Gasteiger partial charge in [-0.15, -0.1) is 0 Å². The van der Waals surface area contributed by atoms with E-state index in [9.17, 15) is 4.39 Å². The van der Waals surface area contributed by atoms with Crippen molar-refractivity contribution in [2.45, 2.75) is 25.9 Å². The second kappa shape index (κ2) is 6.27. The Bertz CT molecular complexity index is 612. The van der Waals surface area contributed by atoms with Crippen molar-refractivity contribution in [2.75, 3.05) is 18.0 Å². The Morgan fingerprint density at radius 3 is 2.71 bits per heavy atom. The standard InChI is InChI=1S/C18H21FN2/c1-2-20-17-11-12-21(18-10-6-4-8-15(17)18)13-14-7-3-5-9-16(14)19/h3-10,17,20H,2,11-13H2,1H3. The van der Waals surface area contributed by atoms with Gasteiger partial charge < -0.3 is 10.2 Å². The summed E-state index contributed by atoms with van der Waals surface area (Å²) < 4.78 is 13.9. The lowest BCUT2D eigenvalue weighted by Crippen LogP contribution is -2.35. The van der Waals surface area contributed by atoms with Crippen LogP contribution in [0.1, 0.15) is 30.5 Å². The first kappa shape index (κ1) is 14.1. The molecule has 0 saturated heterocycles. The third-order valence-electron chi connectivity index (χ3n) is 4.11. The Balaban J connectivity index is 1.88. The van der Waals surface area contributed by atoms with E-state index in [0.717, 1.165) is 25.1 Å². The molecule has 0 amide bonds. The van der Waals surface area contributed by atoms with Gasteiger partial charge in [0, 0.05) is 30.4 Å². The number of anilines is 1. The van der Waals surface area contributed by atoms with Crippen LogP contribution < -0.4 is 10.2 Å². The molecule has 3 rings (SSSR count). The molecule has 21 heavy (non-hydrogen) atoms. The summed E-state index contributed by atoms with van der Waals surface area (Å²) in [6.45, 7) is 4.67. The van der Waals surface area contributed by atoms with E-state index >= 15 is 0 Å². The molecule has 110 valence electrons. The normalized spacial score (nSPS) is 17.6. The molecule has 1 N–H and O–H groups in total. The average molecular weight is 284 g/mol. The molecule has 1 heterocycles. The molecular formula is C18H21FN2. The molecule has 0 aromatic heterocycles. The smallest absolute Gasteiger partial charge is 0.128 e. The third kappa shape index (κ3) is 2.93. The number of nitrogens with zero attached hydrogens (tertiary/aromatic N) is 1. The molecule has 0 radical (unpaired) electrons. The van der Waals surface area contributed by atoms with Crippen molar-refractivity contribution in [3.05, 3.63) is 65.5 Å². The summed E-state index contributed by atoms with van der Waals surface area (Å²) in [6, 6.07) is 15.9. The predicted octanol–water partition coefficient (Wildman–Crippen LogP) is 3.89. The molecule has 2 aromatic carbocycles. The summed E-state index contributed by atoms with van der Waals surface area (Å²) in [5.74, 6) is -0.121. The van der Waals surface area contributed by atoms with Gasteiger partial charge in [-0.1, -0.05) is 43.3 Å². The molecule has 1 atom stereocenters. The van der Waals surface area contributed by atoms with Gasteiger partial charge in [-0.2, -0.15) is 0 Å². The van der Waals surface area contributed by atoms with Crippen LogP contribution in [-0.4, -0.2) is 13.1 Å². The topological polar surface area (TPSA) is 15.3 Å². The van der Waals surface area contributed by atoms with Crippen LogP contribution in [0.5, 0.6) is 0 Å². The van der Waals surface area contributed by atoms with Gasteiger partial charge in [-0.25, -0.2) is 4.39 Å². The molecule has 1 unspecified atom stereocenters. The molecule has 0 bridgehead atoms. The minimum Gasteiger partial charge on any atom is -0.367 e. The lowest BCUT2D eigenvalue weighted by atomic mass is 9.96. The van der Waals surface area contributed by atoms with Crippen LogP contribution in [-0.2, 0) is 6.54 Å². The Labute approximate surface area is 125 Å². The van der Waals surface area contributed by atoms with Crippen LogP contribution in [0.2, 0.25) is 0 Å². The summed E-state index contributed by atoms with van der Waals surface area (Å²) in [4.78, 5) is 2.28. The number of hydrogen-bond acceptors (Lipinski definition) is 2. The number of halogens is 1. The van der Waals surface area contributed by atoms with Crippen LogP contribution in [0.15, 0.2) is 48.5 Å². The summed E-state index contributed by atoms with van der Waals surface area (Å²) >= 11 is 0. The van der Waals surface area contributed by atoms with Crippen molar-refractivity contribution < 1.29 is 4.39 Å². The van der Waals surface area contributed by atoms with Gasteiger partial charge in [0.25, 0.3) is 0 Å². The van der Waals surface area contributed by atoms with E-state index in [2.05, 4.69) is 41.4 Å². The maximum absolute atomic E-state index is 13.9. The lowest BCUT2D eigenvalue weighted by molar-refractivity contribution is 0.487. The van der Waals surface area contributed by atoms with E-state index in [1.807, 2.05) is 12.1 Å². The largest absolute Gasteiger partial charge is 0.367 e. The number of nitrogens with one attached hydrogen (secondary N) is 1. The quantitative estimate of drug-likeness (QED) is 0.916. The maximum atomic E-state index is 13.9.